The van der Waals surface area contributed by atoms with Crippen LogP contribution in [0.5, 0.6) is 0 Å². The van der Waals surface area contributed by atoms with Gasteiger partial charge in [0.15, 0.2) is 6.04 Å². The van der Waals surface area contributed by atoms with E-state index in [9.17, 15) is 9.18 Å². The molecule has 2 aromatic rings. The zero-order chi connectivity index (χ0) is 16.9. The molecular weight excluding hydrogens is 303 g/mol. The van der Waals surface area contributed by atoms with Crippen molar-refractivity contribution in [1.29, 1.82) is 0 Å². The van der Waals surface area contributed by atoms with Crippen molar-refractivity contribution in [2.45, 2.75) is 19.4 Å². The quantitative estimate of drug-likeness (QED) is 0.890. The normalized spacial score (nSPS) is 18.6. The van der Waals surface area contributed by atoms with Gasteiger partial charge in [0, 0.05) is 12.1 Å². The maximum Gasteiger partial charge on any atom is 0.282 e. The predicted molar refractivity (Wildman–Crippen MR) is 94.2 cm³/mol. The molecule has 0 aliphatic carbocycles. The van der Waals surface area contributed by atoms with Gasteiger partial charge in [0.05, 0.1) is 13.1 Å². The molecule has 0 saturated heterocycles. The molecule has 0 bridgehead atoms. The molecule has 1 unspecified atom stereocenters. The second-order valence-electron chi connectivity index (χ2n) is 6.18. The number of rotatable bonds is 4. The summed E-state index contributed by atoms with van der Waals surface area (Å²) in [7, 11) is 0. The van der Waals surface area contributed by atoms with Crippen molar-refractivity contribution in [3.8, 4) is 0 Å². The Kier molecular flexibility index (Phi) is 5.06. The fourth-order valence-corrected chi connectivity index (χ4v) is 3.03. The number of halogens is 1. The molecule has 1 amide bonds. The molecule has 1 aliphatic rings. The third-order valence-corrected chi connectivity index (χ3v) is 4.59. The fraction of sp³-hybridized carbons (Fsp3) is 0.250. The van der Waals surface area contributed by atoms with Crippen LogP contribution in [0.3, 0.4) is 0 Å². The average Bonchev–Trinajstić information content (AvgIpc) is 2.64. The molecule has 3 nitrogen and oxygen atoms in total. The lowest BCUT2D eigenvalue weighted by atomic mass is 9.99. The van der Waals surface area contributed by atoms with Gasteiger partial charge in [-0.05, 0) is 48.4 Å². The van der Waals surface area contributed by atoms with Gasteiger partial charge >= 0.3 is 0 Å². The van der Waals surface area contributed by atoms with Crippen LogP contribution < -0.4 is 10.2 Å². The number of benzene rings is 2. The van der Waals surface area contributed by atoms with E-state index in [0.29, 0.717) is 5.69 Å². The molecule has 4 heteroatoms. The van der Waals surface area contributed by atoms with Gasteiger partial charge in [0.2, 0.25) is 0 Å². The van der Waals surface area contributed by atoms with Gasteiger partial charge in [-0.3, -0.25) is 4.79 Å². The van der Waals surface area contributed by atoms with Crippen molar-refractivity contribution in [2.24, 2.45) is 0 Å². The number of hydrogen-bond acceptors (Lipinski definition) is 1. The first kappa shape index (κ1) is 16.4. The highest BCUT2D eigenvalue weighted by Gasteiger charge is 2.27. The minimum atomic E-state index is -0.304. The van der Waals surface area contributed by atoms with Crippen LogP contribution in [0, 0.1) is 5.82 Å². The number of nitrogens with one attached hydrogen (secondary N) is 2. The minimum absolute atomic E-state index is 0.0341. The Morgan fingerprint density at radius 2 is 1.83 bits per heavy atom. The summed E-state index contributed by atoms with van der Waals surface area (Å²) in [5.74, 6) is -0.338. The number of carbonyl (C=O) groups excluding carboxylic acids is 1. The first-order valence-electron chi connectivity index (χ1n) is 8.29. The Balaban J connectivity index is 1.60. The van der Waals surface area contributed by atoms with Gasteiger partial charge in [0.1, 0.15) is 5.82 Å². The number of carbonyl (C=O) groups is 1. The van der Waals surface area contributed by atoms with Crippen LogP contribution in [0.2, 0.25) is 0 Å². The summed E-state index contributed by atoms with van der Waals surface area (Å²) < 4.78 is 12.9. The highest BCUT2D eigenvalue weighted by atomic mass is 19.1. The Morgan fingerprint density at radius 1 is 1.12 bits per heavy atom. The molecule has 0 saturated carbocycles. The maximum atomic E-state index is 12.9. The van der Waals surface area contributed by atoms with E-state index >= 15 is 0 Å². The third kappa shape index (κ3) is 3.89. The standard InChI is InChI=1S/C20H21FN2O/c1-15(20(24)22-19-9-7-18(21)8-10-19)23-13-11-17(12-14-23)16-5-3-2-4-6-16/h2-11,15H,12-14H2,1H3,(H,22,24)/p+1/t15-/m1/s1. The molecule has 24 heavy (non-hydrogen) atoms. The van der Waals surface area contributed by atoms with E-state index in [4.69, 9.17) is 0 Å². The molecule has 2 N–H and O–H groups in total. The van der Waals surface area contributed by atoms with Crippen LogP contribution in [-0.4, -0.2) is 25.0 Å². The van der Waals surface area contributed by atoms with E-state index in [1.165, 1.54) is 28.2 Å². The van der Waals surface area contributed by atoms with Crippen LogP contribution in [0.15, 0.2) is 60.7 Å². The molecule has 124 valence electrons. The van der Waals surface area contributed by atoms with Gasteiger partial charge in [-0.15, -0.1) is 0 Å². The van der Waals surface area contributed by atoms with Crippen LogP contribution in [0.1, 0.15) is 18.9 Å². The predicted octanol–water partition coefficient (Wildman–Crippen LogP) is 2.52. The van der Waals surface area contributed by atoms with Crippen LogP contribution in [0.25, 0.3) is 5.57 Å². The Morgan fingerprint density at radius 3 is 2.46 bits per heavy atom. The Hall–Kier alpha value is -2.46. The molecule has 0 spiro atoms. The van der Waals surface area contributed by atoms with Crippen LogP contribution in [-0.2, 0) is 4.79 Å². The number of hydrogen-bond donors (Lipinski definition) is 2. The smallest absolute Gasteiger partial charge is 0.282 e. The number of quaternary nitrogens is 1. The Bertz CT molecular complexity index is 725. The van der Waals surface area contributed by atoms with E-state index in [1.54, 1.807) is 12.1 Å². The van der Waals surface area contributed by atoms with Crippen molar-refractivity contribution in [1.82, 2.24) is 0 Å². The van der Waals surface area contributed by atoms with Crippen molar-refractivity contribution < 1.29 is 14.1 Å². The van der Waals surface area contributed by atoms with E-state index in [-0.39, 0.29) is 17.8 Å². The summed E-state index contributed by atoms with van der Waals surface area (Å²) in [6, 6.07) is 16.1. The maximum absolute atomic E-state index is 12.9. The fourth-order valence-electron chi connectivity index (χ4n) is 3.03. The van der Waals surface area contributed by atoms with Crippen molar-refractivity contribution in [2.75, 3.05) is 18.4 Å². The molecular formula is C20H22FN2O+. The van der Waals surface area contributed by atoms with Gasteiger partial charge in [-0.1, -0.05) is 30.3 Å². The lowest BCUT2D eigenvalue weighted by Gasteiger charge is -2.28. The van der Waals surface area contributed by atoms with Gasteiger partial charge in [-0.2, -0.15) is 0 Å². The zero-order valence-electron chi connectivity index (χ0n) is 13.8. The molecule has 0 radical (unpaired) electrons. The highest BCUT2D eigenvalue weighted by Crippen LogP contribution is 2.18. The van der Waals surface area contributed by atoms with Gasteiger partial charge in [-0.25, -0.2) is 4.39 Å². The molecule has 0 aromatic heterocycles. The highest BCUT2D eigenvalue weighted by molar-refractivity contribution is 5.93. The first-order valence-corrected chi connectivity index (χ1v) is 8.29. The number of amides is 1. The topological polar surface area (TPSA) is 33.5 Å². The SMILES string of the molecule is C[C@H](C(=O)Nc1ccc(F)cc1)[NH+]1CC=C(c2ccccc2)CC1. The summed E-state index contributed by atoms with van der Waals surface area (Å²) in [6.07, 6.45) is 3.20. The van der Waals surface area contributed by atoms with Crippen LogP contribution in [0.4, 0.5) is 10.1 Å². The second-order valence-corrected chi connectivity index (χ2v) is 6.18. The molecule has 1 heterocycles. The summed E-state index contributed by atoms with van der Waals surface area (Å²) in [5, 5.41) is 2.86. The second kappa shape index (κ2) is 7.41. The summed E-state index contributed by atoms with van der Waals surface area (Å²) in [5.41, 5.74) is 3.25. The average molecular weight is 325 g/mol. The van der Waals surface area contributed by atoms with Crippen molar-refractivity contribution in [3.05, 3.63) is 72.1 Å². The molecule has 2 atom stereocenters. The number of anilines is 1. The van der Waals surface area contributed by atoms with E-state index in [0.717, 1.165) is 19.5 Å². The van der Waals surface area contributed by atoms with Gasteiger partial charge in [0.25, 0.3) is 5.91 Å². The molecule has 0 fully saturated rings. The lowest BCUT2D eigenvalue weighted by molar-refractivity contribution is -0.909. The summed E-state index contributed by atoms with van der Waals surface area (Å²) in [4.78, 5) is 13.6. The Labute approximate surface area is 141 Å². The largest absolute Gasteiger partial charge is 0.321 e. The first-order chi connectivity index (χ1) is 11.6. The van der Waals surface area contributed by atoms with Crippen molar-refractivity contribution in [3.63, 3.8) is 0 Å². The molecule has 3 rings (SSSR count). The van der Waals surface area contributed by atoms with E-state index in [1.807, 2.05) is 25.1 Å². The minimum Gasteiger partial charge on any atom is -0.321 e. The van der Waals surface area contributed by atoms with E-state index < -0.39 is 0 Å². The summed E-state index contributed by atoms with van der Waals surface area (Å²) >= 11 is 0. The lowest BCUT2D eigenvalue weighted by Crippen LogP contribution is -3.17. The van der Waals surface area contributed by atoms with E-state index in [2.05, 4.69) is 23.5 Å². The molecule has 2 aromatic carbocycles. The third-order valence-electron chi connectivity index (χ3n) is 4.59. The zero-order valence-corrected chi connectivity index (χ0v) is 13.8. The monoisotopic (exact) mass is 325 g/mol. The van der Waals surface area contributed by atoms with Crippen LogP contribution >= 0.6 is 0 Å². The molecule has 1 aliphatic heterocycles. The van der Waals surface area contributed by atoms with Gasteiger partial charge < -0.3 is 10.2 Å². The van der Waals surface area contributed by atoms with Crippen molar-refractivity contribution >= 4 is 17.2 Å². The summed E-state index contributed by atoms with van der Waals surface area (Å²) in [6.45, 7) is 3.70.